The van der Waals surface area contributed by atoms with Gasteiger partial charge in [0.05, 0.1) is 12.3 Å². The minimum absolute atomic E-state index is 0.499. The molecule has 1 atom stereocenters. The molecule has 1 saturated heterocycles. The van der Waals surface area contributed by atoms with Crippen LogP contribution < -0.4 is 20.7 Å². The summed E-state index contributed by atoms with van der Waals surface area (Å²) < 4.78 is 5.78. The van der Waals surface area contributed by atoms with E-state index in [1.54, 1.807) is 0 Å². The minimum atomic E-state index is 0.499. The maximum atomic E-state index is 6.14. The Morgan fingerprint density at radius 1 is 1.11 bits per heavy atom. The lowest BCUT2D eigenvalue weighted by Gasteiger charge is -2.34. The van der Waals surface area contributed by atoms with Crippen LogP contribution >= 0.6 is 0 Å². The molecule has 1 heterocycles. The average molecular weight is 380 g/mol. The number of hydrogen-bond acceptors (Lipinski definition) is 4. The molecule has 0 spiro atoms. The molecule has 1 unspecified atom stereocenters. The second kappa shape index (κ2) is 8.87. The van der Waals surface area contributed by atoms with Crippen molar-refractivity contribution in [3.8, 4) is 5.75 Å². The van der Waals surface area contributed by atoms with Crippen molar-refractivity contribution in [3.05, 3.63) is 53.6 Å². The van der Waals surface area contributed by atoms with Crippen molar-refractivity contribution in [3.63, 3.8) is 0 Å². The van der Waals surface area contributed by atoms with E-state index in [0.29, 0.717) is 24.4 Å². The molecular weight excluding hydrogens is 346 g/mol. The third kappa shape index (κ3) is 4.27. The van der Waals surface area contributed by atoms with Gasteiger partial charge in [-0.1, -0.05) is 30.7 Å². The molecule has 0 amide bonds. The topological polar surface area (TPSA) is 50.5 Å². The van der Waals surface area contributed by atoms with Crippen molar-refractivity contribution in [1.82, 2.24) is 5.32 Å². The number of rotatable bonds is 7. The van der Waals surface area contributed by atoms with E-state index in [0.717, 1.165) is 31.7 Å². The van der Waals surface area contributed by atoms with Gasteiger partial charge in [-0.25, -0.2) is 0 Å². The molecule has 1 aliphatic heterocycles. The highest BCUT2D eigenvalue weighted by atomic mass is 16.5. The fourth-order valence-electron chi connectivity index (χ4n) is 4.73. The molecule has 3 N–H and O–H groups in total. The van der Waals surface area contributed by atoms with Crippen LogP contribution in [0.5, 0.6) is 5.75 Å². The minimum Gasteiger partial charge on any atom is -0.492 e. The smallest absolute Gasteiger partial charge is 0.144 e. The summed E-state index contributed by atoms with van der Waals surface area (Å²) in [6.45, 7) is 4.86. The fourth-order valence-corrected chi connectivity index (χ4v) is 4.73. The molecule has 4 rings (SSSR count). The normalized spacial score (nSPS) is 19.4. The lowest BCUT2D eigenvalue weighted by atomic mass is 10.0. The first-order chi connectivity index (χ1) is 13.7. The molecule has 150 valence electrons. The zero-order valence-corrected chi connectivity index (χ0v) is 17.0. The first kappa shape index (κ1) is 19.1. The van der Waals surface area contributed by atoms with Crippen molar-refractivity contribution >= 4 is 11.4 Å². The fraction of sp³-hybridized carbons (Fsp3) is 0.500. The van der Waals surface area contributed by atoms with Gasteiger partial charge < -0.3 is 20.7 Å². The highest BCUT2D eigenvalue weighted by molar-refractivity contribution is 5.63. The Labute approximate surface area is 169 Å². The Kier molecular flexibility index (Phi) is 6.06. The van der Waals surface area contributed by atoms with Crippen LogP contribution in [0.1, 0.15) is 43.7 Å². The summed E-state index contributed by atoms with van der Waals surface area (Å²) in [6.07, 6.45) is 7.37. The number of piperidine rings is 1. The van der Waals surface area contributed by atoms with Gasteiger partial charge in [0, 0.05) is 30.4 Å². The number of benzene rings is 2. The van der Waals surface area contributed by atoms with Crippen molar-refractivity contribution < 1.29 is 4.74 Å². The number of hydrogen-bond donors (Lipinski definition) is 2. The molecule has 0 bridgehead atoms. The molecule has 4 nitrogen and oxygen atoms in total. The van der Waals surface area contributed by atoms with E-state index >= 15 is 0 Å². The lowest BCUT2D eigenvalue weighted by molar-refractivity contribution is 0.342. The number of fused-ring (bicyclic) bond motifs is 1. The molecule has 1 aliphatic carbocycles. The number of nitrogen functional groups attached to an aromatic ring is 1. The van der Waals surface area contributed by atoms with Crippen LogP contribution in [-0.4, -0.2) is 31.8 Å². The van der Waals surface area contributed by atoms with Crippen LogP contribution in [0, 0.1) is 0 Å². The Morgan fingerprint density at radius 3 is 2.57 bits per heavy atom. The summed E-state index contributed by atoms with van der Waals surface area (Å²) in [7, 11) is 0. The quantitative estimate of drug-likeness (QED) is 0.709. The second-order valence-electron chi connectivity index (χ2n) is 8.11. The first-order valence-electron chi connectivity index (χ1n) is 10.8. The molecular formula is C24H33N3O. The van der Waals surface area contributed by atoms with Gasteiger partial charge in [0.25, 0.3) is 0 Å². The van der Waals surface area contributed by atoms with Crippen LogP contribution in [0.25, 0.3) is 0 Å². The summed E-state index contributed by atoms with van der Waals surface area (Å²) in [5.74, 6) is 0.802. The van der Waals surface area contributed by atoms with Crippen molar-refractivity contribution in [2.45, 2.75) is 57.5 Å². The van der Waals surface area contributed by atoms with Crippen molar-refractivity contribution in [2.75, 3.05) is 30.3 Å². The van der Waals surface area contributed by atoms with Crippen LogP contribution in [0.4, 0.5) is 11.4 Å². The Morgan fingerprint density at radius 2 is 1.89 bits per heavy atom. The van der Waals surface area contributed by atoms with E-state index in [2.05, 4.69) is 46.6 Å². The van der Waals surface area contributed by atoms with E-state index in [1.807, 2.05) is 13.0 Å². The van der Waals surface area contributed by atoms with Gasteiger partial charge in [-0.15, -0.1) is 0 Å². The summed E-state index contributed by atoms with van der Waals surface area (Å²) in [4.78, 5) is 2.60. The molecule has 0 saturated carbocycles. The molecule has 2 aliphatic rings. The maximum absolute atomic E-state index is 6.14. The summed E-state index contributed by atoms with van der Waals surface area (Å²) in [5.41, 5.74) is 11.1. The van der Waals surface area contributed by atoms with Crippen molar-refractivity contribution in [2.24, 2.45) is 0 Å². The molecule has 28 heavy (non-hydrogen) atoms. The van der Waals surface area contributed by atoms with Gasteiger partial charge in [-0.3, -0.25) is 0 Å². The van der Waals surface area contributed by atoms with E-state index in [4.69, 9.17) is 10.5 Å². The van der Waals surface area contributed by atoms with Gasteiger partial charge in [0.1, 0.15) is 5.75 Å². The van der Waals surface area contributed by atoms with Crippen LogP contribution in [0.15, 0.2) is 42.5 Å². The summed E-state index contributed by atoms with van der Waals surface area (Å²) in [5, 5.41) is 3.70. The monoisotopic (exact) mass is 379 g/mol. The van der Waals surface area contributed by atoms with E-state index in [1.165, 1.54) is 42.5 Å². The highest BCUT2D eigenvalue weighted by Gasteiger charge is 2.28. The number of nitrogens with one attached hydrogen (secondary N) is 1. The summed E-state index contributed by atoms with van der Waals surface area (Å²) in [6, 6.07) is 16.3. The van der Waals surface area contributed by atoms with Gasteiger partial charge in [0.2, 0.25) is 0 Å². The van der Waals surface area contributed by atoms with E-state index in [-0.39, 0.29) is 0 Å². The van der Waals surface area contributed by atoms with Crippen LogP contribution in [0.2, 0.25) is 0 Å². The molecule has 0 aromatic heterocycles. The van der Waals surface area contributed by atoms with Crippen LogP contribution in [-0.2, 0) is 12.8 Å². The van der Waals surface area contributed by atoms with Gasteiger partial charge in [-0.05, 0) is 68.8 Å². The lowest BCUT2D eigenvalue weighted by Crippen LogP contribution is -2.41. The Balaban J connectivity index is 1.55. The first-order valence-corrected chi connectivity index (χ1v) is 10.8. The van der Waals surface area contributed by atoms with E-state index < -0.39 is 0 Å². The third-order valence-corrected chi connectivity index (χ3v) is 6.23. The predicted octanol–water partition coefficient (Wildman–Crippen LogP) is 4.17. The maximum Gasteiger partial charge on any atom is 0.144 e. The predicted molar refractivity (Wildman–Crippen MR) is 117 cm³/mol. The standard InChI is InChI=1S/C24H33N3O/c1-2-28-24-17-21(10-11-23(24)25)27(14-12-20-9-5-6-13-26-20)22-15-18-7-3-4-8-19(18)16-22/h3-4,7-8,10-11,17,20,22,26H,2,5-6,9,12-16,25H2,1H3. The van der Waals surface area contributed by atoms with Gasteiger partial charge >= 0.3 is 0 Å². The number of nitrogens with two attached hydrogens (primary N) is 1. The SMILES string of the molecule is CCOc1cc(N(CCC2CCCCN2)C2Cc3ccccc3C2)ccc1N. The third-order valence-electron chi connectivity index (χ3n) is 6.23. The highest BCUT2D eigenvalue weighted by Crippen LogP contribution is 2.33. The average Bonchev–Trinajstić information content (AvgIpc) is 3.15. The number of ether oxygens (including phenoxy) is 1. The van der Waals surface area contributed by atoms with Gasteiger partial charge in [0.15, 0.2) is 0 Å². The van der Waals surface area contributed by atoms with E-state index in [9.17, 15) is 0 Å². The van der Waals surface area contributed by atoms with Crippen LogP contribution in [0.3, 0.4) is 0 Å². The molecule has 2 aromatic rings. The molecule has 0 radical (unpaired) electrons. The van der Waals surface area contributed by atoms with Gasteiger partial charge in [-0.2, -0.15) is 0 Å². The number of nitrogens with zero attached hydrogens (tertiary/aromatic N) is 1. The van der Waals surface area contributed by atoms with Crippen molar-refractivity contribution in [1.29, 1.82) is 0 Å². The zero-order valence-electron chi connectivity index (χ0n) is 17.0. The summed E-state index contributed by atoms with van der Waals surface area (Å²) >= 11 is 0. The zero-order chi connectivity index (χ0) is 19.3. The molecule has 4 heteroatoms. The Bertz CT molecular complexity index is 760. The largest absolute Gasteiger partial charge is 0.492 e. The number of anilines is 2. The molecule has 1 fully saturated rings. The molecule has 2 aromatic carbocycles. The second-order valence-corrected chi connectivity index (χ2v) is 8.11. The Hall–Kier alpha value is -2.20.